The van der Waals surface area contributed by atoms with Gasteiger partial charge in [-0.25, -0.2) is 4.79 Å². The second-order valence-electron chi connectivity index (χ2n) is 7.61. The van der Waals surface area contributed by atoms with E-state index >= 15 is 0 Å². The Morgan fingerprint density at radius 1 is 0.933 bits per heavy atom. The third kappa shape index (κ3) is 4.32. The van der Waals surface area contributed by atoms with Crippen LogP contribution in [0.3, 0.4) is 0 Å². The topological polar surface area (TPSA) is 49.8 Å². The predicted molar refractivity (Wildman–Crippen MR) is 120 cm³/mol. The molecule has 0 saturated heterocycles. The number of hydrogen-bond acceptors (Lipinski definition) is 4. The molecule has 1 aliphatic rings. The van der Waals surface area contributed by atoms with E-state index in [0.717, 1.165) is 42.8 Å². The zero-order valence-corrected chi connectivity index (χ0v) is 18.2. The van der Waals surface area contributed by atoms with E-state index in [9.17, 15) is 9.90 Å². The van der Waals surface area contributed by atoms with Crippen molar-refractivity contribution in [3.8, 4) is 5.75 Å². The lowest BCUT2D eigenvalue weighted by Crippen LogP contribution is -2.52. The van der Waals surface area contributed by atoms with Gasteiger partial charge in [0.2, 0.25) is 0 Å². The van der Waals surface area contributed by atoms with Crippen molar-refractivity contribution >= 4 is 25.4 Å². The van der Waals surface area contributed by atoms with Gasteiger partial charge in [-0.2, -0.15) is 0 Å². The van der Waals surface area contributed by atoms with Crippen LogP contribution in [-0.2, 0) is 17.5 Å². The standard InChI is InChI=1S/C25H26NO3Si/c1-2-3-16-26-17-19-10-4-8-14-23(19)30(24-15-9-5-11-20(24)18-26)29-25(28)21-12-6-7-13-22(21)27/h4-15,27H,2-3,16-18H2,1H3. The van der Waals surface area contributed by atoms with Crippen molar-refractivity contribution in [1.29, 1.82) is 0 Å². The Bertz CT molecular complexity index is 987. The zero-order chi connectivity index (χ0) is 20.9. The normalized spacial score (nSPS) is 14.3. The Balaban J connectivity index is 1.75. The number of nitrogens with zero attached hydrogens (tertiary/aromatic N) is 1. The van der Waals surface area contributed by atoms with E-state index in [0.29, 0.717) is 0 Å². The number of aromatic hydroxyl groups is 1. The molecule has 3 aromatic rings. The lowest BCUT2D eigenvalue weighted by atomic mass is 10.1. The number of rotatable bonds is 5. The summed E-state index contributed by atoms with van der Waals surface area (Å²) in [5, 5.41) is 12.3. The van der Waals surface area contributed by atoms with Crippen LogP contribution in [0.4, 0.5) is 0 Å². The van der Waals surface area contributed by atoms with Crippen LogP contribution in [0.25, 0.3) is 0 Å². The van der Waals surface area contributed by atoms with Gasteiger partial charge in [0.15, 0.2) is 0 Å². The monoisotopic (exact) mass is 416 g/mol. The Morgan fingerprint density at radius 2 is 1.50 bits per heavy atom. The first kappa shape index (κ1) is 20.4. The molecule has 4 nitrogen and oxygen atoms in total. The molecule has 3 aromatic carbocycles. The van der Waals surface area contributed by atoms with Crippen LogP contribution in [0, 0.1) is 0 Å². The second kappa shape index (κ2) is 9.28. The number of fused-ring (bicyclic) bond motifs is 2. The maximum Gasteiger partial charge on any atom is 0.357 e. The minimum Gasteiger partial charge on any atom is -0.507 e. The number of unbranched alkanes of at least 4 members (excludes halogenated alkanes) is 1. The molecular weight excluding hydrogens is 390 g/mol. The van der Waals surface area contributed by atoms with Gasteiger partial charge in [-0.05, 0) is 46.6 Å². The largest absolute Gasteiger partial charge is 0.507 e. The highest BCUT2D eigenvalue weighted by Crippen LogP contribution is 2.19. The Hall–Kier alpha value is -2.89. The van der Waals surface area contributed by atoms with E-state index in [1.54, 1.807) is 18.2 Å². The summed E-state index contributed by atoms with van der Waals surface area (Å²) in [6.07, 6.45) is 2.32. The fourth-order valence-corrected chi connectivity index (χ4v) is 6.09. The number of benzene rings is 3. The molecule has 30 heavy (non-hydrogen) atoms. The summed E-state index contributed by atoms with van der Waals surface area (Å²) in [5.74, 6) is -0.529. The Morgan fingerprint density at radius 3 is 2.10 bits per heavy atom. The van der Waals surface area contributed by atoms with Gasteiger partial charge >= 0.3 is 15.0 Å². The maximum atomic E-state index is 13.0. The minimum absolute atomic E-state index is 0.0525. The van der Waals surface area contributed by atoms with Crippen LogP contribution in [0.15, 0.2) is 72.8 Å². The minimum atomic E-state index is -1.81. The molecule has 0 unspecified atom stereocenters. The predicted octanol–water partition coefficient (Wildman–Crippen LogP) is 3.47. The molecule has 1 aliphatic heterocycles. The van der Waals surface area contributed by atoms with E-state index in [4.69, 9.17) is 4.43 Å². The first-order valence-electron chi connectivity index (χ1n) is 10.4. The molecule has 0 bridgehead atoms. The number of carbonyl (C=O) groups excluding carboxylic acids is 1. The molecule has 4 rings (SSSR count). The van der Waals surface area contributed by atoms with Crippen LogP contribution in [0.2, 0.25) is 0 Å². The van der Waals surface area contributed by atoms with Gasteiger partial charge in [0.05, 0.1) is 5.56 Å². The quantitative estimate of drug-likeness (QED) is 0.647. The van der Waals surface area contributed by atoms with Gasteiger partial charge in [0.25, 0.3) is 0 Å². The van der Waals surface area contributed by atoms with Crippen molar-refractivity contribution in [2.24, 2.45) is 0 Å². The van der Waals surface area contributed by atoms with Crippen molar-refractivity contribution in [1.82, 2.24) is 4.90 Å². The third-order valence-electron chi connectivity index (χ3n) is 5.46. The van der Waals surface area contributed by atoms with Crippen LogP contribution in [0.1, 0.15) is 41.3 Å². The highest BCUT2D eigenvalue weighted by Gasteiger charge is 2.32. The number of phenolic OH excluding ortho intramolecular Hbond substituents is 1. The summed E-state index contributed by atoms with van der Waals surface area (Å²) in [4.78, 5) is 15.5. The smallest absolute Gasteiger partial charge is 0.357 e. The third-order valence-corrected chi connectivity index (χ3v) is 7.80. The number of carbonyl (C=O) groups is 1. The van der Waals surface area contributed by atoms with Crippen molar-refractivity contribution in [3.63, 3.8) is 0 Å². The number of para-hydroxylation sites is 1. The molecule has 0 aromatic heterocycles. The highest BCUT2D eigenvalue weighted by atomic mass is 28.3. The molecule has 0 amide bonds. The van der Waals surface area contributed by atoms with Crippen molar-refractivity contribution in [3.05, 3.63) is 89.5 Å². The average molecular weight is 417 g/mol. The molecule has 153 valence electrons. The molecule has 0 atom stereocenters. The lowest BCUT2D eigenvalue weighted by molar-refractivity contribution is 0.0735. The Kier molecular flexibility index (Phi) is 6.31. The molecule has 5 heteroatoms. The summed E-state index contributed by atoms with van der Waals surface area (Å²) in [6, 6.07) is 23.1. The fourth-order valence-electron chi connectivity index (χ4n) is 3.89. The van der Waals surface area contributed by atoms with Crippen molar-refractivity contribution in [2.75, 3.05) is 6.54 Å². The van der Waals surface area contributed by atoms with Crippen LogP contribution >= 0.6 is 0 Å². The molecule has 0 spiro atoms. The van der Waals surface area contributed by atoms with Gasteiger partial charge in [-0.15, -0.1) is 0 Å². The molecule has 0 fully saturated rings. The summed E-state index contributed by atoms with van der Waals surface area (Å²) in [5.41, 5.74) is 2.63. The first-order chi connectivity index (χ1) is 14.7. The average Bonchev–Trinajstić information content (AvgIpc) is 2.76. The van der Waals surface area contributed by atoms with Crippen LogP contribution in [-0.4, -0.2) is 31.6 Å². The van der Waals surface area contributed by atoms with Gasteiger partial charge < -0.3 is 9.53 Å². The number of phenols is 1. The van der Waals surface area contributed by atoms with E-state index in [1.165, 1.54) is 17.2 Å². The molecule has 0 aliphatic carbocycles. The van der Waals surface area contributed by atoms with E-state index in [1.807, 2.05) is 12.1 Å². The fraction of sp³-hybridized carbons (Fsp3) is 0.240. The SMILES string of the molecule is CCCCN1Cc2ccccc2[Si](OC(=O)c2ccccc2O)c2ccccc2C1. The summed E-state index contributed by atoms with van der Waals surface area (Å²) < 4.78 is 6.15. The van der Waals surface area contributed by atoms with Crippen molar-refractivity contribution in [2.45, 2.75) is 32.9 Å². The zero-order valence-electron chi connectivity index (χ0n) is 17.2. The van der Waals surface area contributed by atoms with E-state index in [-0.39, 0.29) is 11.3 Å². The van der Waals surface area contributed by atoms with Crippen molar-refractivity contribution < 1.29 is 14.3 Å². The van der Waals surface area contributed by atoms with Gasteiger partial charge in [0, 0.05) is 13.1 Å². The number of hydrogen-bond donors (Lipinski definition) is 1. The van der Waals surface area contributed by atoms with Gasteiger partial charge in [0.1, 0.15) is 5.75 Å². The first-order valence-corrected chi connectivity index (χ1v) is 11.8. The summed E-state index contributed by atoms with van der Waals surface area (Å²) in [6.45, 7) is 4.93. The molecule has 0 saturated carbocycles. The van der Waals surface area contributed by atoms with Crippen LogP contribution in [0.5, 0.6) is 5.75 Å². The Labute approximate surface area is 179 Å². The summed E-state index contributed by atoms with van der Waals surface area (Å²) >= 11 is 0. The lowest BCUT2D eigenvalue weighted by Gasteiger charge is -2.30. The van der Waals surface area contributed by atoms with E-state index in [2.05, 4.69) is 48.2 Å². The molecule has 1 N–H and O–H groups in total. The molecule has 1 radical (unpaired) electrons. The van der Waals surface area contributed by atoms with E-state index < -0.39 is 15.0 Å². The molecule has 1 heterocycles. The summed E-state index contributed by atoms with van der Waals surface area (Å²) in [7, 11) is -1.81. The van der Waals surface area contributed by atoms with Crippen LogP contribution < -0.4 is 10.4 Å². The van der Waals surface area contributed by atoms with Gasteiger partial charge in [-0.1, -0.05) is 74.0 Å². The molecular formula is C25H26NO3Si. The van der Waals surface area contributed by atoms with Gasteiger partial charge in [-0.3, -0.25) is 4.90 Å². The maximum absolute atomic E-state index is 13.0. The second-order valence-corrected chi connectivity index (χ2v) is 9.55. The highest BCUT2D eigenvalue weighted by molar-refractivity contribution is 6.82.